The molecular formula is C31H37N7O3. The Balaban J connectivity index is 1.40. The summed E-state index contributed by atoms with van der Waals surface area (Å²) in [6.07, 6.45) is 4.87. The third-order valence-corrected chi connectivity index (χ3v) is 7.44. The number of nitrogens with zero attached hydrogens (tertiary/aromatic N) is 5. The van der Waals surface area contributed by atoms with Gasteiger partial charge in [0.05, 0.1) is 12.0 Å². The van der Waals surface area contributed by atoms with Crippen LogP contribution in [0.25, 0.3) is 16.7 Å². The molecule has 0 bridgehead atoms. The van der Waals surface area contributed by atoms with Crippen molar-refractivity contribution in [3.63, 3.8) is 0 Å². The number of piperazine rings is 1. The molecule has 0 atom stereocenters. The van der Waals surface area contributed by atoms with E-state index in [1.54, 1.807) is 11.5 Å². The monoisotopic (exact) mass is 555 g/mol. The molecule has 1 amide bonds. The standard InChI is InChI=1S/C31H37N7O3/c1-4-22-8-12-25(13-9-22)38-21-27(30(40)35-41-5-2)28(39)26-20-32-31(34-29(26)38)33-24-10-6-23(7-11-24)14-15-37-18-16-36(3)17-19-37/h6-13,20-21H,4-5,14-19H2,1-3H3,(H,35,40)(H,32,33,34). The van der Waals surface area contributed by atoms with Crippen LogP contribution in [0.2, 0.25) is 0 Å². The zero-order chi connectivity index (χ0) is 28.8. The second kappa shape index (κ2) is 13.0. The Morgan fingerprint density at radius 3 is 2.37 bits per heavy atom. The lowest BCUT2D eigenvalue weighted by Gasteiger charge is -2.32. The SMILES string of the molecule is CCONC(=O)c1cn(-c2ccc(CC)cc2)c2nc(Nc3ccc(CCN4CCN(C)CC4)cc3)ncc2c1=O. The molecule has 2 N–H and O–H groups in total. The predicted molar refractivity (Wildman–Crippen MR) is 161 cm³/mol. The van der Waals surface area contributed by atoms with E-state index < -0.39 is 11.3 Å². The average Bonchev–Trinajstić information content (AvgIpc) is 3.00. The van der Waals surface area contributed by atoms with Crippen molar-refractivity contribution in [1.82, 2.24) is 29.8 Å². The van der Waals surface area contributed by atoms with E-state index >= 15 is 0 Å². The summed E-state index contributed by atoms with van der Waals surface area (Å²) >= 11 is 0. The Labute approximate surface area is 239 Å². The van der Waals surface area contributed by atoms with Crippen molar-refractivity contribution in [2.24, 2.45) is 0 Å². The number of benzene rings is 2. The van der Waals surface area contributed by atoms with Gasteiger partial charge in [-0.2, -0.15) is 4.98 Å². The van der Waals surface area contributed by atoms with Gasteiger partial charge in [0.1, 0.15) is 5.56 Å². The summed E-state index contributed by atoms with van der Waals surface area (Å²) in [6.45, 7) is 9.63. The van der Waals surface area contributed by atoms with Gasteiger partial charge in [0, 0.05) is 56.5 Å². The largest absolute Gasteiger partial charge is 0.324 e. The van der Waals surface area contributed by atoms with Crippen LogP contribution in [0.3, 0.4) is 0 Å². The number of hydrogen-bond donors (Lipinski definition) is 2. The number of nitrogens with one attached hydrogen (secondary N) is 2. The van der Waals surface area contributed by atoms with E-state index in [9.17, 15) is 9.59 Å². The van der Waals surface area contributed by atoms with Crippen molar-refractivity contribution in [3.8, 4) is 5.69 Å². The van der Waals surface area contributed by atoms with Crippen LogP contribution < -0.4 is 16.2 Å². The normalized spacial score (nSPS) is 14.3. The van der Waals surface area contributed by atoms with Gasteiger partial charge in [-0.1, -0.05) is 31.2 Å². The highest BCUT2D eigenvalue weighted by Gasteiger charge is 2.19. The number of likely N-dealkylation sites (N-methyl/N-ethyl adjacent to an activating group) is 1. The Bertz CT molecular complexity index is 1540. The van der Waals surface area contributed by atoms with E-state index in [0.717, 1.165) is 56.9 Å². The van der Waals surface area contributed by atoms with Gasteiger partial charge in [0.15, 0.2) is 5.65 Å². The summed E-state index contributed by atoms with van der Waals surface area (Å²) in [5, 5.41) is 3.50. The molecule has 41 heavy (non-hydrogen) atoms. The van der Waals surface area contributed by atoms with Gasteiger partial charge in [0.25, 0.3) is 5.91 Å². The summed E-state index contributed by atoms with van der Waals surface area (Å²) in [4.78, 5) is 45.0. The van der Waals surface area contributed by atoms with Crippen LogP contribution >= 0.6 is 0 Å². The predicted octanol–water partition coefficient (Wildman–Crippen LogP) is 3.56. The summed E-state index contributed by atoms with van der Waals surface area (Å²) in [6, 6.07) is 16.2. The molecule has 1 fully saturated rings. The van der Waals surface area contributed by atoms with Crippen molar-refractivity contribution >= 4 is 28.6 Å². The third-order valence-electron chi connectivity index (χ3n) is 7.44. The number of hydrogen-bond acceptors (Lipinski definition) is 8. The minimum absolute atomic E-state index is 0.0537. The molecule has 2 aromatic heterocycles. The molecule has 10 nitrogen and oxygen atoms in total. The van der Waals surface area contributed by atoms with Crippen LogP contribution in [-0.4, -0.2) is 76.6 Å². The van der Waals surface area contributed by atoms with Crippen molar-refractivity contribution in [2.75, 3.05) is 51.7 Å². The highest BCUT2D eigenvalue weighted by molar-refractivity contribution is 5.96. The fourth-order valence-electron chi connectivity index (χ4n) is 4.86. The first-order chi connectivity index (χ1) is 19.9. The molecule has 0 aliphatic carbocycles. The highest BCUT2D eigenvalue weighted by Crippen LogP contribution is 2.20. The summed E-state index contributed by atoms with van der Waals surface area (Å²) in [5.74, 6) is -0.264. The minimum Gasteiger partial charge on any atom is -0.324 e. The van der Waals surface area contributed by atoms with E-state index in [4.69, 9.17) is 9.82 Å². The van der Waals surface area contributed by atoms with E-state index in [-0.39, 0.29) is 17.6 Å². The maximum absolute atomic E-state index is 13.3. The van der Waals surface area contributed by atoms with Crippen molar-refractivity contribution in [1.29, 1.82) is 0 Å². The van der Waals surface area contributed by atoms with Crippen LogP contribution in [0.1, 0.15) is 35.3 Å². The summed E-state index contributed by atoms with van der Waals surface area (Å²) in [7, 11) is 2.17. The lowest BCUT2D eigenvalue weighted by atomic mass is 10.1. The maximum Gasteiger partial charge on any atom is 0.280 e. The first-order valence-electron chi connectivity index (χ1n) is 14.2. The Morgan fingerprint density at radius 2 is 1.68 bits per heavy atom. The van der Waals surface area contributed by atoms with Gasteiger partial charge < -0.3 is 19.7 Å². The number of anilines is 2. The lowest BCUT2D eigenvalue weighted by molar-refractivity contribution is 0.0363. The van der Waals surface area contributed by atoms with Crippen molar-refractivity contribution in [3.05, 3.63) is 87.8 Å². The molecule has 2 aromatic carbocycles. The highest BCUT2D eigenvalue weighted by atomic mass is 16.6. The van der Waals surface area contributed by atoms with Gasteiger partial charge in [-0.3, -0.25) is 14.4 Å². The first kappa shape index (κ1) is 28.4. The number of fused-ring (bicyclic) bond motifs is 1. The van der Waals surface area contributed by atoms with Gasteiger partial charge >= 0.3 is 0 Å². The quantitative estimate of drug-likeness (QED) is 0.286. The van der Waals surface area contributed by atoms with Crippen LogP contribution in [0.4, 0.5) is 11.6 Å². The molecule has 10 heteroatoms. The summed E-state index contributed by atoms with van der Waals surface area (Å²) in [5.41, 5.74) is 6.27. The molecule has 1 saturated heterocycles. The first-order valence-corrected chi connectivity index (χ1v) is 14.2. The number of aromatic nitrogens is 3. The number of pyridine rings is 1. The average molecular weight is 556 g/mol. The topological polar surface area (TPSA) is 105 Å². The molecule has 0 spiro atoms. The smallest absolute Gasteiger partial charge is 0.280 e. The number of carbonyl (C=O) groups excluding carboxylic acids is 1. The second-order valence-corrected chi connectivity index (χ2v) is 10.3. The van der Waals surface area contributed by atoms with E-state index in [2.05, 4.69) is 51.7 Å². The zero-order valence-electron chi connectivity index (χ0n) is 23.9. The van der Waals surface area contributed by atoms with Gasteiger partial charge in [0.2, 0.25) is 11.4 Å². The number of carbonyl (C=O) groups is 1. The molecular weight excluding hydrogens is 518 g/mol. The Kier molecular flexibility index (Phi) is 9.03. The van der Waals surface area contributed by atoms with Crippen molar-refractivity contribution in [2.45, 2.75) is 26.7 Å². The molecule has 5 rings (SSSR count). The molecule has 1 aliphatic heterocycles. The van der Waals surface area contributed by atoms with Crippen LogP contribution in [0, 0.1) is 0 Å². The fourth-order valence-corrected chi connectivity index (χ4v) is 4.86. The second-order valence-electron chi connectivity index (χ2n) is 10.3. The number of hydroxylamine groups is 1. The third kappa shape index (κ3) is 6.79. The Morgan fingerprint density at radius 1 is 0.976 bits per heavy atom. The van der Waals surface area contributed by atoms with Gasteiger partial charge in [-0.15, -0.1) is 0 Å². The van der Waals surface area contributed by atoms with Crippen molar-refractivity contribution < 1.29 is 9.63 Å². The molecule has 4 aromatic rings. The number of amides is 1. The molecule has 0 radical (unpaired) electrons. The molecule has 3 heterocycles. The van der Waals surface area contributed by atoms with Crippen LogP contribution in [-0.2, 0) is 17.7 Å². The van der Waals surface area contributed by atoms with Crippen LogP contribution in [0.15, 0.2) is 65.7 Å². The van der Waals surface area contributed by atoms with E-state index in [1.165, 1.54) is 23.5 Å². The lowest BCUT2D eigenvalue weighted by Crippen LogP contribution is -2.45. The van der Waals surface area contributed by atoms with Crippen LogP contribution in [0.5, 0.6) is 0 Å². The number of rotatable bonds is 10. The molecule has 214 valence electrons. The van der Waals surface area contributed by atoms with E-state index in [0.29, 0.717) is 11.6 Å². The molecule has 1 aliphatic rings. The van der Waals surface area contributed by atoms with Gasteiger partial charge in [-0.25, -0.2) is 10.5 Å². The molecule has 0 saturated carbocycles. The molecule has 0 unspecified atom stereocenters. The minimum atomic E-state index is -0.618. The zero-order valence-corrected chi connectivity index (χ0v) is 23.9. The number of aryl methyl sites for hydroxylation is 1. The summed E-state index contributed by atoms with van der Waals surface area (Å²) < 4.78 is 1.74. The Hall–Kier alpha value is -4.12. The maximum atomic E-state index is 13.3. The van der Waals surface area contributed by atoms with E-state index in [1.807, 2.05) is 36.4 Å². The van der Waals surface area contributed by atoms with Gasteiger partial charge in [-0.05, 0) is 62.2 Å². The fraction of sp³-hybridized carbons (Fsp3) is 0.355.